The van der Waals surface area contributed by atoms with E-state index in [9.17, 15) is 18.0 Å². The zero-order valence-electron chi connectivity index (χ0n) is 14.2. The molecule has 1 aromatic carbocycles. The second-order valence-corrected chi connectivity index (χ2v) is 5.90. The van der Waals surface area contributed by atoms with Gasteiger partial charge in [-0.1, -0.05) is 18.2 Å². The predicted octanol–water partition coefficient (Wildman–Crippen LogP) is 4.02. The number of amides is 1. The van der Waals surface area contributed by atoms with E-state index >= 15 is 0 Å². The van der Waals surface area contributed by atoms with Gasteiger partial charge in [0.2, 0.25) is 5.91 Å². The summed E-state index contributed by atoms with van der Waals surface area (Å²) < 4.78 is 37.7. The Morgan fingerprint density at radius 3 is 2.41 bits per heavy atom. The van der Waals surface area contributed by atoms with E-state index in [2.05, 4.69) is 15.3 Å². The van der Waals surface area contributed by atoms with Gasteiger partial charge in [-0.05, 0) is 41.5 Å². The Kier molecular flexibility index (Phi) is 5.49. The van der Waals surface area contributed by atoms with Gasteiger partial charge >= 0.3 is 6.18 Å². The van der Waals surface area contributed by atoms with Gasteiger partial charge in [0.25, 0.3) is 0 Å². The summed E-state index contributed by atoms with van der Waals surface area (Å²) in [6.07, 6.45) is 0.633. The quantitative estimate of drug-likeness (QED) is 0.737. The van der Waals surface area contributed by atoms with Gasteiger partial charge in [-0.25, -0.2) is 0 Å². The van der Waals surface area contributed by atoms with E-state index in [0.29, 0.717) is 5.56 Å². The maximum absolute atomic E-state index is 12.6. The average Bonchev–Trinajstić information content (AvgIpc) is 2.67. The number of aromatic nitrogens is 2. The Bertz CT molecular complexity index is 910. The van der Waals surface area contributed by atoms with Crippen LogP contribution in [0.5, 0.6) is 0 Å². The number of alkyl halides is 3. The first kappa shape index (κ1) is 18.6. The van der Waals surface area contributed by atoms with Crippen LogP contribution in [0.4, 0.5) is 13.2 Å². The minimum absolute atomic E-state index is 0.000620. The molecule has 0 aliphatic rings. The van der Waals surface area contributed by atoms with Gasteiger partial charge in [0, 0.05) is 30.7 Å². The van der Waals surface area contributed by atoms with Crippen LogP contribution in [0.3, 0.4) is 0 Å². The summed E-state index contributed by atoms with van der Waals surface area (Å²) in [6.45, 7) is 0.261. The molecule has 0 aliphatic carbocycles. The largest absolute Gasteiger partial charge is 0.416 e. The van der Waals surface area contributed by atoms with Crippen LogP contribution in [0.1, 0.15) is 16.7 Å². The lowest BCUT2D eigenvalue weighted by Gasteiger charge is -2.10. The summed E-state index contributed by atoms with van der Waals surface area (Å²) in [5.41, 5.74) is 2.17. The topological polar surface area (TPSA) is 54.9 Å². The van der Waals surface area contributed by atoms with Crippen molar-refractivity contribution in [2.24, 2.45) is 0 Å². The van der Waals surface area contributed by atoms with Crippen LogP contribution in [-0.2, 0) is 23.9 Å². The number of nitrogens with one attached hydrogen (secondary N) is 1. The molecule has 0 bridgehead atoms. The molecule has 0 aliphatic heterocycles. The van der Waals surface area contributed by atoms with Crippen molar-refractivity contribution >= 4 is 5.91 Å². The zero-order chi connectivity index (χ0) is 19.3. The second-order valence-electron chi connectivity index (χ2n) is 5.90. The molecule has 0 saturated heterocycles. The van der Waals surface area contributed by atoms with E-state index in [-0.39, 0.29) is 18.9 Å². The number of carbonyl (C=O) groups is 1. The Balaban J connectivity index is 1.63. The highest BCUT2D eigenvalue weighted by Gasteiger charge is 2.29. The molecular formula is C20H16F3N3O. The van der Waals surface area contributed by atoms with Gasteiger partial charge in [-0.15, -0.1) is 0 Å². The van der Waals surface area contributed by atoms with Crippen LogP contribution < -0.4 is 5.32 Å². The predicted molar refractivity (Wildman–Crippen MR) is 94.5 cm³/mol. The van der Waals surface area contributed by atoms with Crippen LogP contribution in [0, 0.1) is 0 Å². The molecule has 0 atom stereocenters. The number of hydrogen-bond donors (Lipinski definition) is 1. The van der Waals surface area contributed by atoms with E-state index in [4.69, 9.17) is 0 Å². The lowest BCUT2D eigenvalue weighted by Crippen LogP contribution is -2.25. The number of halogens is 3. The minimum Gasteiger partial charge on any atom is -0.352 e. The molecular weight excluding hydrogens is 355 g/mol. The van der Waals surface area contributed by atoms with E-state index in [0.717, 1.165) is 29.0 Å². The summed E-state index contributed by atoms with van der Waals surface area (Å²) in [5.74, 6) is -0.282. The number of pyridine rings is 2. The zero-order valence-corrected chi connectivity index (χ0v) is 14.2. The Hall–Kier alpha value is -3.22. The summed E-state index contributed by atoms with van der Waals surface area (Å²) in [4.78, 5) is 20.6. The van der Waals surface area contributed by atoms with Crippen molar-refractivity contribution in [3.05, 3.63) is 83.8 Å². The molecule has 3 rings (SSSR count). The van der Waals surface area contributed by atoms with Crippen LogP contribution in [0.2, 0.25) is 0 Å². The molecule has 1 N–H and O–H groups in total. The molecule has 0 unspecified atom stereocenters. The fourth-order valence-electron chi connectivity index (χ4n) is 2.60. The lowest BCUT2D eigenvalue weighted by molar-refractivity contribution is -0.137. The standard InChI is InChI=1S/C20H16F3N3O/c21-20(22,23)17-7-5-14(6-8-17)11-18(27)26-13-16-4-2-10-25-19(16)15-3-1-9-24-12-15/h1-10,12H,11,13H2,(H,26,27). The summed E-state index contributed by atoms with van der Waals surface area (Å²) >= 11 is 0. The number of carbonyl (C=O) groups excluding carboxylic acids is 1. The van der Waals surface area contributed by atoms with Crippen molar-refractivity contribution in [1.29, 1.82) is 0 Å². The summed E-state index contributed by atoms with van der Waals surface area (Å²) in [5, 5.41) is 2.78. The molecule has 0 saturated carbocycles. The fraction of sp³-hybridized carbons (Fsp3) is 0.150. The molecule has 0 spiro atoms. The minimum atomic E-state index is -4.39. The van der Waals surface area contributed by atoms with Gasteiger partial charge in [0.05, 0.1) is 17.7 Å². The lowest BCUT2D eigenvalue weighted by atomic mass is 10.1. The van der Waals surface area contributed by atoms with E-state index in [1.165, 1.54) is 12.1 Å². The third-order valence-corrected chi connectivity index (χ3v) is 3.95. The highest BCUT2D eigenvalue weighted by molar-refractivity contribution is 5.78. The molecule has 1 amide bonds. The third-order valence-electron chi connectivity index (χ3n) is 3.95. The molecule has 0 fully saturated rings. The van der Waals surface area contributed by atoms with Crippen LogP contribution in [0.25, 0.3) is 11.3 Å². The third kappa shape index (κ3) is 4.91. The first-order valence-electron chi connectivity index (χ1n) is 8.20. The van der Waals surface area contributed by atoms with Crippen LogP contribution in [-0.4, -0.2) is 15.9 Å². The van der Waals surface area contributed by atoms with Crippen molar-refractivity contribution in [1.82, 2.24) is 15.3 Å². The van der Waals surface area contributed by atoms with Crippen molar-refractivity contribution in [3.8, 4) is 11.3 Å². The van der Waals surface area contributed by atoms with Gasteiger partial charge in [0.15, 0.2) is 0 Å². The molecule has 2 heterocycles. The van der Waals surface area contributed by atoms with Crippen molar-refractivity contribution in [2.75, 3.05) is 0 Å². The summed E-state index contributed by atoms with van der Waals surface area (Å²) in [6, 6.07) is 11.9. The molecule has 4 nitrogen and oxygen atoms in total. The Morgan fingerprint density at radius 1 is 1.00 bits per heavy atom. The molecule has 7 heteroatoms. The van der Waals surface area contributed by atoms with Crippen molar-refractivity contribution in [2.45, 2.75) is 19.1 Å². The highest BCUT2D eigenvalue weighted by atomic mass is 19.4. The van der Waals surface area contributed by atoms with Crippen molar-refractivity contribution in [3.63, 3.8) is 0 Å². The first-order chi connectivity index (χ1) is 12.9. The van der Waals surface area contributed by atoms with Gasteiger partial charge in [-0.3, -0.25) is 14.8 Å². The molecule has 27 heavy (non-hydrogen) atoms. The van der Waals surface area contributed by atoms with Gasteiger partial charge in [0.1, 0.15) is 0 Å². The van der Waals surface area contributed by atoms with Gasteiger partial charge in [-0.2, -0.15) is 13.2 Å². The second kappa shape index (κ2) is 7.99. The highest BCUT2D eigenvalue weighted by Crippen LogP contribution is 2.29. The number of rotatable bonds is 5. The summed E-state index contributed by atoms with van der Waals surface area (Å²) in [7, 11) is 0. The normalized spacial score (nSPS) is 11.2. The number of benzene rings is 1. The van der Waals surface area contributed by atoms with E-state index < -0.39 is 11.7 Å². The molecule has 2 aromatic heterocycles. The Morgan fingerprint density at radius 2 is 1.74 bits per heavy atom. The van der Waals surface area contributed by atoms with Gasteiger partial charge < -0.3 is 5.32 Å². The smallest absolute Gasteiger partial charge is 0.352 e. The van der Waals surface area contributed by atoms with Crippen LogP contribution in [0.15, 0.2) is 67.1 Å². The number of nitrogens with zero attached hydrogens (tertiary/aromatic N) is 2. The van der Waals surface area contributed by atoms with Crippen molar-refractivity contribution < 1.29 is 18.0 Å². The van der Waals surface area contributed by atoms with E-state index in [1.807, 2.05) is 12.1 Å². The monoisotopic (exact) mass is 371 g/mol. The first-order valence-corrected chi connectivity index (χ1v) is 8.20. The molecule has 138 valence electrons. The molecule has 3 aromatic rings. The maximum atomic E-state index is 12.6. The Labute approximate surface area is 154 Å². The SMILES string of the molecule is O=C(Cc1ccc(C(F)(F)F)cc1)NCc1cccnc1-c1cccnc1. The number of hydrogen-bond acceptors (Lipinski definition) is 3. The van der Waals surface area contributed by atoms with E-state index in [1.54, 1.807) is 30.7 Å². The maximum Gasteiger partial charge on any atom is 0.416 e. The van der Waals surface area contributed by atoms with Crippen LogP contribution >= 0.6 is 0 Å². The molecule has 0 radical (unpaired) electrons. The fourth-order valence-corrected chi connectivity index (χ4v) is 2.60. The average molecular weight is 371 g/mol.